The molecule has 0 saturated heterocycles. The second kappa shape index (κ2) is 5.83. The van der Waals surface area contributed by atoms with Crippen molar-refractivity contribution < 1.29 is 17.9 Å². The Bertz CT molecular complexity index is 614. The molecule has 0 spiro atoms. The number of ether oxygens (including phenoxy) is 1. The van der Waals surface area contributed by atoms with Crippen LogP contribution in [0.3, 0.4) is 0 Å². The van der Waals surface area contributed by atoms with Gasteiger partial charge in [-0.25, -0.2) is 0 Å². The van der Waals surface area contributed by atoms with Gasteiger partial charge in [0.25, 0.3) is 0 Å². The second-order valence-corrected chi connectivity index (χ2v) is 4.96. The SMILES string of the molecule is CCc1nccc(C(F)(F)F)c1Oc1cccc(Br)c1. The largest absolute Gasteiger partial charge is 0.455 e. The van der Waals surface area contributed by atoms with E-state index < -0.39 is 11.7 Å². The van der Waals surface area contributed by atoms with Gasteiger partial charge in [0, 0.05) is 10.7 Å². The summed E-state index contributed by atoms with van der Waals surface area (Å²) in [6.45, 7) is 1.73. The van der Waals surface area contributed by atoms with Crippen molar-refractivity contribution in [1.82, 2.24) is 4.98 Å². The van der Waals surface area contributed by atoms with E-state index >= 15 is 0 Å². The number of alkyl halides is 3. The summed E-state index contributed by atoms with van der Waals surface area (Å²) in [7, 11) is 0. The minimum absolute atomic E-state index is 0.236. The summed E-state index contributed by atoms with van der Waals surface area (Å²) < 4.78 is 45.2. The molecule has 0 unspecified atom stereocenters. The molecule has 20 heavy (non-hydrogen) atoms. The molecule has 2 aromatic rings. The van der Waals surface area contributed by atoms with Crippen LogP contribution < -0.4 is 4.74 Å². The van der Waals surface area contributed by atoms with Crippen molar-refractivity contribution in [1.29, 1.82) is 0 Å². The Kier molecular flexibility index (Phi) is 4.32. The van der Waals surface area contributed by atoms with Gasteiger partial charge < -0.3 is 4.74 Å². The van der Waals surface area contributed by atoms with Crippen molar-refractivity contribution in [2.45, 2.75) is 19.5 Å². The highest BCUT2D eigenvalue weighted by Crippen LogP contribution is 2.39. The van der Waals surface area contributed by atoms with E-state index in [1.165, 1.54) is 0 Å². The first kappa shape index (κ1) is 14.8. The number of nitrogens with zero attached hydrogens (tertiary/aromatic N) is 1. The fourth-order valence-electron chi connectivity index (χ4n) is 1.73. The molecule has 1 heterocycles. The van der Waals surface area contributed by atoms with Crippen LogP contribution in [-0.4, -0.2) is 4.98 Å². The van der Waals surface area contributed by atoms with E-state index in [-0.39, 0.29) is 11.4 Å². The lowest BCUT2D eigenvalue weighted by Gasteiger charge is -2.16. The zero-order valence-corrected chi connectivity index (χ0v) is 12.1. The third kappa shape index (κ3) is 3.30. The van der Waals surface area contributed by atoms with E-state index in [2.05, 4.69) is 20.9 Å². The lowest BCUT2D eigenvalue weighted by Crippen LogP contribution is -2.09. The minimum atomic E-state index is -4.48. The molecule has 0 radical (unpaired) electrons. The molecule has 0 fully saturated rings. The van der Waals surface area contributed by atoms with Gasteiger partial charge >= 0.3 is 6.18 Å². The Labute approximate surface area is 122 Å². The lowest BCUT2D eigenvalue weighted by molar-refractivity contribution is -0.138. The Morgan fingerprint density at radius 1 is 1.25 bits per heavy atom. The first-order valence-electron chi connectivity index (χ1n) is 5.90. The molecule has 1 aromatic carbocycles. The van der Waals surface area contributed by atoms with Gasteiger partial charge in [0.15, 0.2) is 5.75 Å². The highest BCUT2D eigenvalue weighted by Gasteiger charge is 2.35. The molecule has 0 amide bonds. The van der Waals surface area contributed by atoms with E-state index in [0.29, 0.717) is 12.2 Å². The first-order valence-corrected chi connectivity index (χ1v) is 6.69. The number of aryl methyl sites for hydroxylation is 1. The molecule has 2 rings (SSSR count). The van der Waals surface area contributed by atoms with E-state index in [1.54, 1.807) is 31.2 Å². The van der Waals surface area contributed by atoms with Gasteiger partial charge in [0.1, 0.15) is 11.3 Å². The predicted octanol–water partition coefficient (Wildman–Crippen LogP) is 5.22. The Hall–Kier alpha value is -1.56. The number of hydrogen-bond donors (Lipinski definition) is 0. The summed E-state index contributed by atoms with van der Waals surface area (Å²) >= 11 is 3.25. The molecular formula is C14H11BrF3NO. The van der Waals surface area contributed by atoms with Gasteiger partial charge in [-0.2, -0.15) is 13.2 Å². The number of halogens is 4. The number of benzene rings is 1. The summed E-state index contributed by atoms with van der Waals surface area (Å²) in [5, 5.41) is 0. The normalized spacial score (nSPS) is 11.4. The number of hydrogen-bond acceptors (Lipinski definition) is 2. The van der Waals surface area contributed by atoms with Crippen molar-refractivity contribution in [3.05, 3.63) is 52.3 Å². The van der Waals surface area contributed by atoms with E-state index in [9.17, 15) is 13.2 Å². The Morgan fingerprint density at radius 3 is 2.60 bits per heavy atom. The molecule has 0 aliphatic rings. The maximum atomic E-state index is 13.0. The minimum Gasteiger partial charge on any atom is -0.455 e. The first-order chi connectivity index (χ1) is 9.41. The number of pyridine rings is 1. The lowest BCUT2D eigenvalue weighted by atomic mass is 10.1. The molecular weight excluding hydrogens is 335 g/mol. The van der Waals surface area contributed by atoms with Crippen molar-refractivity contribution in [3.63, 3.8) is 0 Å². The summed E-state index contributed by atoms with van der Waals surface area (Å²) in [5.74, 6) is 0.0909. The predicted molar refractivity (Wildman–Crippen MR) is 72.8 cm³/mol. The molecule has 6 heteroatoms. The highest BCUT2D eigenvalue weighted by molar-refractivity contribution is 9.10. The molecule has 0 aliphatic heterocycles. The highest BCUT2D eigenvalue weighted by atomic mass is 79.9. The second-order valence-electron chi connectivity index (χ2n) is 4.05. The third-order valence-corrected chi connectivity index (χ3v) is 3.13. The number of rotatable bonds is 3. The van der Waals surface area contributed by atoms with Crippen LogP contribution in [0, 0.1) is 0 Å². The van der Waals surface area contributed by atoms with Crippen LogP contribution in [0.15, 0.2) is 41.0 Å². The third-order valence-electron chi connectivity index (χ3n) is 2.63. The monoisotopic (exact) mass is 345 g/mol. The van der Waals surface area contributed by atoms with Gasteiger partial charge in [-0.1, -0.05) is 28.9 Å². The molecule has 1 aromatic heterocycles. The molecule has 0 saturated carbocycles. The van der Waals surface area contributed by atoms with Crippen molar-refractivity contribution >= 4 is 15.9 Å². The van der Waals surface area contributed by atoms with E-state index in [0.717, 1.165) is 16.7 Å². The van der Waals surface area contributed by atoms with Crippen molar-refractivity contribution in [2.24, 2.45) is 0 Å². The van der Waals surface area contributed by atoms with Crippen LogP contribution in [0.1, 0.15) is 18.2 Å². The summed E-state index contributed by atoms with van der Waals surface area (Å²) in [4.78, 5) is 3.95. The summed E-state index contributed by atoms with van der Waals surface area (Å²) in [6, 6.07) is 7.58. The average Bonchev–Trinajstić information content (AvgIpc) is 2.37. The fraction of sp³-hybridized carbons (Fsp3) is 0.214. The Balaban J connectivity index is 2.49. The topological polar surface area (TPSA) is 22.1 Å². The van der Waals surface area contributed by atoms with E-state index in [4.69, 9.17) is 4.74 Å². The van der Waals surface area contributed by atoms with Gasteiger partial charge in [-0.3, -0.25) is 4.98 Å². The molecule has 0 bridgehead atoms. The van der Waals surface area contributed by atoms with Crippen molar-refractivity contribution in [3.8, 4) is 11.5 Å². The van der Waals surface area contributed by atoms with Gasteiger partial charge in [-0.05, 0) is 30.7 Å². The molecule has 106 valence electrons. The zero-order chi connectivity index (χ0) is 14.8. The van der Waals surface area contributed by atoms with Gasteiger partial charge in [0.2, 0.25) is 0 Å². The standard InChI is InChI=1S/C14H11BrF3NO/c1-2-12-13(11(6-7-19-12)14(16,17)18)20-10-5-3-4-9(15)8-10/h3-8H,2H2,1H3. The summed E-state index contributed by atoms with van der Waals surface area (Å²) in [5.41, 5.74) is -0.538. The van der Waals surface area contributed by atoms with Crippen LogP contribution in [0.4, 0.5) is 13.2 Å². The van der Waals surface area contributed by atoms with Crippen LogP contribution in [0.25, 0.3) is 0 Å². The van der Waals surface area contributed by atoms with Crippen LogP contribution in [0.5, 0.6) is 11.5 Å². The van der Waals surface area contributed by atoms with Crippen LogP contribution >= 0.6 is 15.9 Å². The summed E-state index contributed by atoms with van der Waals surface area (Å²) in [6.07, 6.45) is -2.98. The fourth-order valence-corrected chi connectivity index (χ4v) is 2.11. The smallest absolute Gasteiger partial charge is 0.420 e. The maximum Gasteiger partial charge on any atom is 0.420 e. The van der Waals surface area contributed by atoms with Crippen molar-refractivity contribution in [2.75, 3.05) is 0 Å². The molecule has 2 nitrogen and oxygen atoms in total. The Morgan fingerprint density at radius 2 is 2.00 bits per heavy atom. The maximum absolute atomic E-state index is 13.0. The van der Waals surface area contributed by atoms with Gasteiger partial charge in [0.05, 0.1) is 5.69 Å². The molecule has 0 N–H and O–H groups in total. The van der Waals surface area contributed by atoms with Crippen LogP contribution in [-0.2, 0) is 12.6 Å². The van der Waals surface area contributed by atoms with Crippen LogP contribution in [0.2, 0.25) is 0 Å². The number of aromatic nitrogens is 1. The van der Waals surface area contributed by atoms with E-state index in [1.807, 2.05) is 0 Å². The molecule has 0 aliphatic carbocycles. The quantitative estimate of drug-likeness (QED) is 0.760. The molecule has 0 atom stereocenters. The zero-order valence-electron chi connectivity index (χ0n) is 10.5. The van der Waals surface area contributed by atoms with Gasteiger partial charge in [-0.15, -0.1) is 0 Å². The average molecular weight is 346 g/mol.